The Balaban J connectivity index is 1.97. The van der Waals surface area contributed by atoms with Crippen LogP contribution >= 0.6 is 0 Å². The molecular weight excluding hydrogens is 254 g/mol. The van der Waals surface area contributed by atoms with E-state index in [1.807, 2.05) is 18.2 Å². The first-order valence-electron chi connectivity index (χ1n) is 7.34. The minimum absolute atomic E-state index is 0.000376. The molecule has 1 fully saturated rings. The molecule has 2 N–H and O–H groups in total. The van der Waals surface area contributed by atoms with E-state index in [1.54, 1.807) is 14.2 Å². The lowest BCUT2D eigenvalue weighted by Crippen LogP contribution is -2.54. The molecule has 0 amide bonds. The zero-order valence-electron chi connectivity index (χ0n) is 12.2. The summed E-state index contributed by atoms with van der Waals surface area (Å²) in [5.74, 6) is 1.66. The molecule has 110 valence electrons. The normalized spacial score (nSPS) is 32.5. The van der Waals surface area contributed by atoms with Crippen LogP contribution in [-0.2, 0) is 4.74 Å². The number of methoxy groups -OCH3 is 2. The van der Waals surface area contributed by atoms with Crippen LogP contribution in [0.15, 0.2) is 18.2 Å². The van der Waals surface area contributed by atoms with Gasteiger partial charge in [0.2, 0.25) is 0 Å². The molecule has 0 saturated heterocycles. The highest BCUT2D eigenvalue weighted by Gasteiger charge is 2.47. The first-order chi connectivity index (χ1) is 9.68. The van der Waals surface area contributed by atoms with E-state index in [4.69, 9.17) is 19.9 Å². The SMILES string of the molecule is COc1ccc2c(c1)OC1(CCCCC1OC)C[C@H]2N. The van der Waals surface area contributed by atoms with E-state index < -0.39 is 0 Å². The molecule has 2 aliphatic rings. The highest BCUT2D eigenvalue weighted by atomic mass is 16.5. The van der Waals surface area contributed by atoms with E-state index in [2.05, 4.69) is 0 Å². The third-order valence-corrected chi connectivity index (χ3v) is 4.69. The second-order valence-electron chi connectivity index (χ2n) is 5.85. The Hall–Kier alpha value is -1.26. The van der Waals surface area contributed by atoms with E-state index in [1.165, 1.54) is 12.8 Å². The van der Waals surface area contributed by atoms with Crippen LogP contribution in [0.1, 0.15) is 43.7 Å². The molecule has 1 aliphatic carbocycles. The highest BCUT2D eigenvalue weighted by molar-refractivity contribution is 5.44. The largest absolute Gasteiger partial charge is 0.497 e. The molecular formula is C16H23NO3. The molecule has 1 heterocycles. The summed E-state index contributed by atoms with van der Waals surface area (Å²) < 4.78 is 17.4. The Labute approximate surface area is 120 Å². The second kappa shape index (κ2) is 5.26. The minimum atomic E-state index is -0.272. The van der Waals surface area contributed by atoms with Gasteiger partial charge in [-0.15, -0.1) is 0 Å². The van der Waals surface area contributed by atoms with Crippen LogP contribution in [0, 0.1) is 0 Å². The van der Waals surface area contributed by atoms with Crippen LogP contribution in [0.25, 0.3) is 0 Å². The van der Waals surface area contributed by atoms with Gasteiger partial charge in [0.05, 0.1) is 13.2 Å². The predicted octanol–water partition coefficient (Wildman–Crippen LogP) is 2.81. The van der Waals surface area contributed by atoms with Crippen LogP contribution in [0.2, 0.25) is 0 Å². The summed E-state index contributed by atoms with van der Waals surface area (Å²) in [5, 5.41) is 0. The third-order valence-electron chi connectivity index (χ3n) is 4.69. The van der Waals surface area contributed by atoms with Crippen molar-refractivity contribution in [1.82, 2.24) is 0 Å². The Morgan fingerprint density at radius 1 is 1.30 bits per heavy atom. The van der Waals surface area contributed by atoms with Crippen LogP contribution in [0.3, 0.4) is 0 Å². The van der Waals surface area contributed by atoms with Gasteiger partial charge in [0, 0.05) is 31.2 Å². The van der Waals surface area contributed by atoms with Crippen molar-refractivity contribution in [2.45, 2.75) is 49.9 Å². The zero-order chi connectivity index (χ0) is 14.2. The summed E-state index contributed by atoms with van der Waals surface area (Å²) in [5.41, 5.74) is 7.18. The van der Waals surface area contributed by atoms with Crippen molar-refractivity contribution in [1.29, 1.82) is 0 Å². The third kappa shape index (κ3) is 2.17. The fraction of sp³-hybridized carbons (Fsp3) is 0.625. The highest BCUT2D eigenvalue weighted by Crippen LogP contribution is 2.47. The maximum absolute atomic E-state index is 6.39. The van der Waals surface area contributed by atoms with Crippen molar-refractivity contribution < 1.29 is 14.2 Å². The van der Waals surface area contributed by atoms with Crippen LogP contribution in [-0.4, -0.2) is 25.9 Å². The number of nitrogens with two attached hydrogens (primary N) is 1. The molecule has 0 bridgehead atoms. The summed E-state index contributed by atoms with van der Waals surface area (Å²) in [7, 11) is 3.44. The van der Waals surface area contributed by atoms with Gasteiger partial charge in [0.25, 0.3) is 0 Å². The molecule has 3 atom stereocenters. The number of hydrogen-bond donors (Lipinski definition) is 1. The van der Waals surface area contributed by atoms with Crippen molar-refractivity contribution in [3.05, 3.63) is 23.8 Å². The lowest BCUT2D eigenvalue weighted by molar-refractivity contribution is -0.114. The lowest BCUT2D eigenvalue weighted by Gasteiger charge is -2.47. The van der Waals surface area contributed by atoms with Gasteiger partial charge in [0.15, 0.2) is 0 Å². The molecule has 20 heavy (non-hydrogen) atoms. The van der Waals surface area contributed by atoms with E-state index in [-0.39, 0.29) is 17.7 Å². The fourth-order valence-corrected chi connectivity index (χ4v) is 3.64. The zero-order valence-corrected chi connectivity index (χ0v) is 12.2. The Morgan fingerprint density at radius 3 is 2.90 bits per heavy atom. The molecule has 2 unspecified atom stereocenters. The standard InChI is InChI=1S/C16H23NO3/c1-18-11-6-7-12-13(17)10-16(20-14(12)9-11)8-4-3-5-15(16)19-2/h6-7,9,13,15H,3-5,8,10,17H2,1-2H3/t13-,15?,16?/m1/s1. The molecule has 4 heteroatoms. The average Bonchev–Trinajstić information content (AvgIpc) is 2.47. The van der Waals surface area contributed by atoms with Crippen LogP contribution in [0.4, 0.5) is 0 Å². The van der Waals surface area contributed by atoms with E-state index in [9.17, 15) is 0 Å². The number of fused-ring (bicyclic) bond motifs is 1. The Morgan fingerprint density at radius 2 is 2.15 bits per heavy atom. The molecule has 4 nitrogen and oxygen atoms in total. The second-order valence-corrected chi connectivity index (χ2v) is 5.85. The summed E-state index contributed by atoms with van der Waals surface area (Å²) >= 11 is 0. The Kier molecular flexibility index (Phi) is 3.61. The molecule has 3 rings (SSSR count). The van der Waals surface area contributed by atoms with Gasteiger partial charge in [-0.1, -0.05) is 12.5 Å². The number of ether oxygens (including phenoxy) is 3. The van der Waals surface area contributed by atoms with E-state index in [0.717, 1.165) is 36.3 Å². The monoisotopic (exact) mass is 277 g/mol. The maximum Gasteiger partial charge on any atom is 0.137 e. The van der Waals surface area contributed by atoms with Crippen molar-refractivity contribution in [3.63, 3.8) is 0 Å². The van der Waals surface area contributed by atoms with Gasteiger partial charge in [-0.2, -0.15) is 0 Å². The van der Waals surface area contributed by atoms with Gasteiger partial charge < -0.3 is 19.9 Å². The quantitative estimate of drug-likeness (QED) is 0.903. The fourth-order valence-electron chi connectivity index (χ4n) is 3.64. The average molecular weight is 277 g/mol. The van der Waals surface area contributed by atoms with Crippen molar-refractivity contribution in [3.8, 4) is 11.5 Å². The topological polar surface area (TPSA) is 53.7 Å². The van der Waals surface area contributed by atoms with Gasteiger partial charge in [0.1, 0.15) is 17.1 Å². The van der Waals surface area contributed by atoms with Crippen LogP contribution < -0.4 is 15.2 Å². The van der Waals surface area contributed by atoms with Crippen LogP contribution in [0.5, 0.6) is 11.5 Å². The number of benzene rings is 1. The first-order valence-corrected chi connectivity index (χ1v) is 7.34. The smallest absolute Gasteiger partial charge is 0.137 e. The Bertz CT molecular complexity index is 491. The van der Waals surface area contributed by atoms with Gasteiger partial charge in [-0.25, -0.2) is 0 Å². The molecule has 1 aliphatic heterocycles. The lowest BCUT2D eigenvalue weighted by atomic mass is 9.75. The van der Waals surface area contributed by atoms with Gasteiger partial charge in [-0.3, -0.25) is 0 Å². The molecule has 1 saturated carbocycles. The summed E-state index contributed by atoms with van der Waals surface area (Å²) in [4.78, 5) is 0. The minimum Gasteiger partial charge on any atom is -0.497 e. The summed E-state index contributed by atoms with van der Waals surface area (Å²) in [6.45, 7) is 0. The molecule has 0 aromatic heterocycles. The maximum atomic E-state index is 6.39. The molecule has 1 spiro atoms. The van der Waals surface area contributed by atoms with Crippen molar-refractivity contribution >= 4 is 0 Å². The number of rotatable bonds is 2. The summed E-state index contributed by atoms with van der Waals surface area (Å²) in [6.07, 6.45) is 5.38. The number of hydrogen-bond acceptors (Lipinski definition) is 4. The van der Waals surface area contributed by atoms with Gasteiger partial charge in [-0.05, 0) is 25.3 Å². The predicted molar refractivity (Wildman–Crippen MR) is 77.2 cm³/mol. The summed E-state index contributed by atoms with van der Waals surface area (Å²) in [6, 6.07) is 5.89. The first kappa shape index (κ1) is 13.7. The van der Waals surface area contributed by atoms with E-state index in [0.29, 0.717) is 0 Å². The van der Waals surface area contributed by atoms with Crippen molar-refractivity contribution in [2.75, 3.05) is 14.2 Å². The molecule has 1 aromatic rings. The molecule has 1 aromatic carbocycles. The molecule has 0 radical (unpaired) electrons. The van der Waals surface area contributed by atoms with Crippen molar-refractivity contribution in [2.24, 2.45) is 5.73 Å². The van der Waals surface area contributed by atoms with Gasteiger partial charge >= 0.3 is 0 Å². The van der Waals surface area contributed by atoms with E-state index >= 15 is 0 Å².